The van der Waals surface area contributed by atoms with Gasteiger partial charge in [-0.2, -0.15) is 0 Å². The molecule has 0 aliphatic rings. The zero-order chi connectivity index (χ0) is 10.9. The molecule has 0 saturated heterocycles. The number of aryl methyl sites for hydroxylation is 1. The standard InChI is InChI=1S/C14H20/c1-7-13-8-10(4)11(5)12(6)14(13)9(2)3/h7-8H,1-6H3/b13-7-. The predicted molar refractivity (Wildman–Crippen MR) is 64.8 cm³/mol. The summed E-state index contributed by atoms with van der Waals surface area (Å²) in [4.78, 5) is 0. The third-order valence-electron chi connectivity index (χ3n) is 3.00. The first-order valence-corrected chi connectivity index (χ1v) is 5.19. The van der Waals surface area contributed by atoms with Crippen LogP contribution in [-0.4, -0.2) is 0 Å². The van der Waals surface area contributed by atoms with Crippen molar-refractivity contribution in [2.75, 3.05) is 0 Å². The Morgan fingerprint density at radius 3 is 2.07 bits per heavy atom. The molecule has 0 radical (unpaired) electrons. The Morgan fingerprint density at radius 1 is 1.07 bits per heavy atom. The lowest BCUT2D eigenvalue weighted by Crippen LogP contribution is -2.30. The second-order valence-electron chi connectivity index (χ2n) is 4.20. The molecule has 0 amide bonds. The Bertz CT molecular complexity index is 458. The second kappa shape index (κ2) is 4.00. The number of hydrogen-bond donors (Lipinski definition) is 0. The molecule has 0 heterocycles. The van der Waals surface area contributed by atoms with Gasteiger partial charge in [0.25, 0.3) is 0 Å². The molecule has 76 valence electrons. The van der Waals surface area contributed by atoms with Gasteiger partial charge in [0.05, 0.1) is 0 Å². The molecular weight excluding hydrogens is 168 g/mol. The Hall–Kier alpha value is -1.04. The summed E-state index contributed by atoms with van der Waals surface area (Å²) in [6, 6.07) is 2.28. The van der Waals surface area contributed by atoms with Gasteiger partial charge < -0.3 is 0 Å². The van der Waals surface area contributed by atoms with Gasteiger partial charge in [-0.1, -0.05) is 17.7 Å². The smallest absolute Gasteiger partial charge is 0.0169 e. The van der Waals surface area contributed by atoms with E-state index in [9.17, 15) is 0 Å². The van der Waals surface area contributed by atoms with Crippen molar-refractivity contribution in [2.45, 2.75) is 41.5 Å². The first-order valence-electron chi connectivity index (χ1n) is 5.19. The summed E-state index contributed by atoms with van der Waals surface area (Å²) < 4.78 is 0. The van der Waals surface area contributed by atoms with Crippen LogP contribution in [-0.2, 0) is 0 Å². The average Bonchev–Trinajstić information content (AvgIpc) is 2.12. The molecule has 0 aromatic heterocycles. The van der Waals surface area contributed by atoms with E-state index in [1.165, 1.54) is 32.7 Å². The van der Waals surface area contributed by atoms with E-state index >= 15 is 0 Å². The summed E-state index contributed by atoms with van der Waals surface area (Å²) >= 11 is 0. The van der Waals surface area contributed by atoms with Crippen LogP contribution in [0.4, 0.5) is 0 Å². The van der Waals surface area contributed by atoms with Crippen molar-refractivity contribution in [3.8, 4) is 0 Å². The van der Waals surface area contributed by atoms with Gasteiger partial charge in [-0.05, 0) is 68.7 Å². The summed E-state index contributed by atoms with van der Waals surface area (Å²) in [5.74, 6) is 0. The van der Waals surface area contributed by atoms with Gasteiger partial charge in [-0.25, -0.2) is 0 Å². The van der Waals surface area contributed by atoms with E-state index in [0.717, 1.165) is 0 Å². The lowest BCUT2D eigenvalue weighted by molar-refractivity contribution is 1.20. The van der Waals surface area contributed by atoms with Crippen molar-refractivity contribution in [3.63, 3.8) is 0 Å². The molecule has 0 unspecified atom stereocenters. The fraction of sp³-hybridized carbons (Fsp3) is 0.429. The highest BCUT2D eigenvalue weighted by Crippen LogP contribution is 2.05. The maximum atomic E-state index is 2.28. The first kappa shape index (κ1) is 11.0. The van der Waals surface area contributed by atoms with Crippen LogP contribution >= 0.6 is 0 Å². The van der Waals surface area contributed by atoms with Crippen molar-refractivity contribution < 1.29 is 0 Å². The van der Waals surface area contributed by atoms with Crippen molar-refractivity contribution >= 4 is 11.6 Å². The molecule has 0 atom stereocenters. The molecule has 1 rings (SSSR count). The number of hydrogen-bond acceptors (Lipinski definition) is 0. The minimum Gasteiger partial charge on any atom is -0.0798 e. The highest BCUT2D eigenvalue weighted by molar-refractivity contribution is 5.48. The third kappa shape index (κ3) is 1.75. The highest BCUT2D eigenvalue weighted by atomic mass is 14.1. The monoisotopic (exact) mass is 188 g/mol. The number of benzene rings is 1. The molecule has 0 bridgehead atoms. The molecule has 14 heavy (non-hydrogen) atoms. The van der Waals surface area contributed by atoms with Crippen molar-refractivity contribution in [3.05, 3.63) is 33.2 Å². The molecule has 0 fully saturated rings. The summed E-state index contributed by atoms with van der Waals surface area (Å²) in [6.07, 6.45) is 2.20. The molecule has 0 N–H and O–H groups in total. The van der Waals surface area contributed by atoms with E-state index < -0.39 is 0 Å². The summed E-state index contributed by atoms with van der Waals surface area (Å²) in [7, 11) is 0. The maximum absolute atomic E-state index is 2.28. The normalized spacial score (nSPS) is 12.0. The van der Waals surface area contributed by atoms with Gasteiger partial charge >= 0.3 is 0 Å². The number of rotatable bonds is 0. The summed E-state index contributed by atoms with van der Waals surface area (Å²) in [5.41, 5.74) is 5.64. The minimum atomic E-state index is 1.37. The molecule has 0 nitrogen and oxygen atoms in total. The molecule has 0 saturated carbocycles. The highest BCUT2D eigenvalue weighted by Gasteiger charge is 2.00. The quantitative estimate of drug-likeness (QED) is 0.587. The zero-order valence-electron chi connectivity index (χ0n) is 10.2. The Morgan fingerprint density at radius 2 is 1.64 bits per heavy atom. The van der Waals surface area contributed by atoms with Crippen LogP contribution in [0.1, 0.15) is 37.5 Å². The van der Waals surface area contributed by atoms with E-state index in [1.54, 1.807) is 0 Å². The second-order valence-corrected chi connectivity index (χ2v) is 4.20. The lowest BCUT2D eigenvalue weighted by atomic mass is 9.98. The van der Waals surface area contributed by atoms with Crippen LogP contribution in [0.2, 0.25) is 0 Å². The van der Waals surface area contributed by atoms with E-state index in [1.807, 2.05) is 0 Å². The molecule has 1 aromatic carbocycles. The van der Waals surface area contributed by atoms with Crippen LogP contribution in [0, 0.1) is 20.8 Å². The van der Waals surface area contributed by atoms with Gasteiger partial charge in [0.2, 0.25) is 0 Å². The Labute approximate surface area is 87.0 Å². The molecule has 0 spiro atoms. The fourth-order valence-electron chi connectivity index (χ4n) is 2.00. The van der Waals surface area contributed by atoms with Crippen LogP contribution < -0.4 is 10.4 Å². The molecule has 0 heteroatoms. The van der Waals surface area contributed by atoms with Crippen molar-refractivity contribution in [1.29, 1.82) is 0 Å². The molecule has 1 aromatic rings. The van der Waals surface area contributed by atoms with Gasteiger partial charge in [0.1, 0.15) is 0 Å². The molecule has 0 aliphatic carbocycles. The van der Waals surface area contributed by atoms with Gasteiger partial charge in [0.15, 0.2) is 0 Å². The van der Waals surface area contributed by atoms with Gasteiger partial charge in [0, 0.05) is 0 Å². The molecule has 0 aliphatic heterocycles. The van der Waals surface area contributed by atoms with E-state index in [4.69, 9.17) is 0 Å². The van der Waals surface area contributed by atoms with Crippen molar-refractivity contribution in [1.82, 2.24) is 0 Å². The van der Waals surface area contributed by atoms with Crippen LogP contribution in [0.5, 0.6) is 0 Å². The van der Waals surface area contributed by atoms with Crippen molar-refractivity contribution in [2.24, 2.45) is 0 Å². The fourth-order valence-corrected chi connectivity index (χ4v) is 2.00. The maximum Gasteiger partial charge on any atom is -0.0169 e. The minimum absolute atomic E-state index is 1.37. The van der Waals surface area contributed by atoms with Crippen LogP contribution in [0.15, 0.2) is 6.07 Å². The molecular formula is C14H20. The Kier molecular flexibility index (Phi) is 3.15. The van der Waals surface area contributed by atoms with Crippen LogP contribution in [0.25, 0.3) is 11.6 Å². The van der Waals surface area contributed by atoms with E-state index in [-0.39, 0.29) is 0 Å². The topological polar surface area (TPSA) is 0 Å². The van der Waals surface area contributed by atoms with E-state index in [2.05, 4.69) is 53.7 Å². The van der Waals surface area contributed by atoms with Gasteiger partial charge in [-0.15, -0.1) is 0 Å². The van der Waals surface area contributed by atoms with Crippen LogP contribution in [0.3, 0.4) is 0 Å². The van der Waals surface area contributed by atoms with E-state index in [0.29, 0.717) is 0 Å². The largest absolute Gasteiger partial charge is 0.0798 e. The zero-order valence-corrected chi connectivity index (χ0v) is 10.2. The summed E-state index contributed by atoms with van der Waals surface area (Å²) in [5, 5.41) is 2.79. The lowest BCUT2D eigenvalue weighted by Gasteiger charge is -2.07. The SMILES string of the molecule is C/C=c1/cc(C)c(C)c(C)c1=C(C)C. The summed E-state index contributed by atoms with van der Waals surface area (Å²) in [6.45, 7) is 13.1. The average molecular weight is 188 g/mol. The van der Waals surface area contributed by atoms with Gasteiger partial charge in [-0.3, -0.25) is 0 Å². The first-order chi connectivity index (χ1) is 6.49. The Balaban J connectivity index is 3.93. The predicted octanol–water partition coefficient (Wildman–Crippen LogP) is 2.60. The third-order valence-corrected chi connectivity index (χ3v) is 3.00.